The van der Waals surface area contributed by atoms with Gasteiger partial charge in [0.2, 0.25) is 0 Å². The van der Waals surface area contributed by atoms with Gasteiger partial charge in [-0.1, -0.05) is 60.3 Å². The molecule has 2 bridgehead atoms. The molecule has 2 heterocycles. The predicted octanol–water partition coefficient (Wildman–Crippen LogP) is 4.51. The number of fused-ring (bicyclic) bond motifs is 2. The van der Waals surface area contributed by atoms with Gasteiger partial charge in [0.05, 0.1) is 32.0 Å². The zero-order valence-corrected chi connectivity index (χ0v) is 16.8. The molecule has 4 rings (SSSR count). The van der Waals surface area contributed by atoms with Crippen LogP contribution in [0.5, 0.6) is 0 Å². The van der Waals surface area contributed by atoms with Crippen LogP contribution in [0.1, 0.15) is 5.56 Å². The van der Waals surface area contributed by atoms with Crippen molar-refractivity contribution in [3.8, 4) is 0 Å². The molecule has 0 aromatic heterocycles. The van der Waals surface area contributed by atoms with E-state index in [4.69, 9.17) is 18.9 Å². The number of benzene rings is 2. The van der Waals surface area contributed by atoms with E-state index in [0.717, 1.165) is 0 Å². The third-order valence-corrected chi connectivity index (χ3v) is 6.30. The monoisotopic (exact) mass is 398 g/mol. The van der Waals surface area contributed by atoms with Crippen molar-refractivity contribution in [1.29, 1.82) is 0 Å². The van der Waals surface area contributed by atoms with E-state index in [9.17, 15) is 0 Å². The highest BCUT2D eigenvalue weighted by atomic mass is 32.2. The normalized spacial score (nSPS) is 25.8. The van der Waals surface area contributed by atoms with E-state index in [-0.39, 0.29) is 18.1 Å². The van der Waals surface area contributed by atoms with Crippen LogP contribution in [0.15, 0.2) is 76.5 Å². The fourth-order valence-corrected chi connectivity index (χ4v) is 4.95. The lowest BCUT2D eigenvalue weighted by Gasteiger charge is -2.27. The Labute approximate surface area is 170 Å². The van der Waals surface area contributed by atoms with Crippen molar-refractivity contribution in [2.45, 2.75) is 23.7 Å². The van der Waals surface area contributed by atoms with Crippen molar-refractivity contribution < 1.29 is 18.9 Å². The van der Waals surface area contributed by atoms with E-state index < -0.39 is 0 Å². The Balaban J connectivity index is 1.40. The lowest BCUT2D eigenvalue weighted by Crippen LogP contribution is -2.33. The molecule has 0 radical (unpaired) electrons. The Morgan fingerprint density at radius 2 is 1.61 bits per heavy atom. The maximum absolute atomic E-state index is 6.30. The molecule has 2 aliphatic heterocycles. The molecule has 28 heavy (non-hydrogen) atoms. The Bertz CT molecular complexity index is 765. The lowest BCUT2D eigenvalue weighted by atomic mass is 9.84. The van der Waals surface area contributed by atoms with Crippen LogP contribution in [0.4, 0.5) is 0 Å². The SMILES string of the molecule is COCOC[C@H]1[C@H](COCc2ccccc2)[C@@H]2C=C(Sc3ccccc3)[C@H]1O2. The van der Waals surface area contributed by atoms with Crippen LogP contribution >= 0.6 is 11.8 Å². The molecule has 1 fully saturated rings. The largest absolute Gasteiger partial charge is 0.376 e. The number of hydrogen-bond acceptors (Lipinski definition) is 5. The van der Waals surface area contributed by atoms with Crippen molar-refractivity contribution in [2.24, 2.45) is 11.8 Å². The minimum Gasteiger partial charge on any atom is -0.376 e. The first-order valence-corrected chi connectivity index (χ1v) is 10.4. The Hall–Kier alpha value is -1.63. The first-order valence-electron chi connectivity index (χ1n) is 9.63. The molecule has 0 unspecified atom stereocenters. The van der Waals surface area contributed by atoms with Gasteiger partial charge in [-0.05, 0) is 23.8 Å². The molecule has 2 aromatic carbocycles. The zero-order valence-electron chi connectivity index (χ0n) is 16.0. The summed E-state index contributed by atoms with van der Waals surface area (Å²) in [5, 5.41) is 0. The Kier molecular flexibility index (Phi) is 6.83. The van der Waals surface area contributed by atoms with Gasteiger partial charge in [0.1, 0.15) is 6.79 Å². The van der Waals surface area contributed by atoms with Gasteiger partial charge in [-0.3, -0.25) is 0 Å². The second kappa shape index (κ2) is 9.72. The quantitative estimate of drug-likeness (QED) is 0.435. The van der Waals surface area contributed by atoms with E-state index in [1.165, 1.54) is 15.4 Å². The van der Waals surface area contributed by atoms with Gasteiger partial charge in [-0.15, -0.1) is 0 Å². The van der Waals surface area contributed by atoms with Gasteiger partial charge in [-0.25, -0.2) is 0 Å². The third-order valence-electron chi connectivity index (χ3n) is 5.19. The summed E-state index contributed by atoms with van der Waals surface area (Å²) in [4.78, 5) is 2.51. The summed E-state index contributed by atoms with van der Waals surface area (Å²) in [6.07, 6.45) is 2.42. The number of ether oxygens (including phenoxy) is 4. The molecule has 0 saturated carbocycles. The molecule has 0 N–H and O–H groups in total. The number of methoxy groups -OCH3 is 1. The standard InChI is InChI=1S/C23H26O4S/c1-24-16-26-15-20-19(14-25-13-17-8-4-2-5-9-17)21-12-22(23(20)27-21)28-18-10-6-3-7-11-18/h2-12,19-21,23H,13-16H2,1H3/t19-,20-,21-,23-/m0/s1. The summed E-state index contributed by atoms with van der Waals surface area (Å²) in [7, 11) is 1.65. The first-order chi connectivity index (χ1) is 13.8. The van der Waals surface area contributed by atoms with Crippen LogP contribution in [0.25, 0.3) is 0 Å². The van der Waals surface area contributed by atoms with Gasteiger partial charge >= 0.3 is 0 Å². The first kappa shape index (κ1) is 19.7. The van der Waals surface area contributed by atoms with Crippen LogP contribution in [-0.2, 0) is 25.6 Å². The van der Waals surface area contributed by atoms with Crippen LogP contribution < -0.4 is 0 Å². The van der Waals surface area contributed by atoms with Gasteiger partial charge in [0.25, 0.3) is 0 Å². The highest BCUT2D eigenvalue weighted by Crippen LogP contribution is 2.48. The average Bonchev–Trinajstić information content (AvgIpc) is 3.28. The average molecular weight is 399 g/mol. The van der Waals surface area contributed by atoms with E-state index in [1.807, 2.05) is 24.3 Å². The van der Waals surface area contributed by atoms with Crippen molar-refractivity contribution >= 4 is 11.8 Å². The van der Waals surface area contributed by atoms with E-state index >= 15 is 0 Å². The Morgan fingerprint density at radius 3 is 2.36 bits per heavy atom. The highest BCUT2D eigenvalue weighted by Gasteiger charge is 2.49. The third kappa shape index (κ3) is 4.67. The molecule has 0 spiro atoms. The van der Waals surface area contributed by atoms with Crippen LogP contribution in [0.3, 0.4) is 0 Å². The number of thioether (sulfide) groups is 1. The van der Waals surface area contributed by atoms with Crippen LogP contribution in [0.2, 0.25) is 0 Å². The predicted molar refractivity (Wildman–Crippen MR) is 110 cm³/mol. The fraction of sp³-hybridized carbons (Fsp3) is 0.391. The molecule has 4 atom stereocenters. The van der Waals surface area contributed by atoms with Gasteiger partial charge < -0.3 is 18.9 Å². The molecule has 0 aliphatic carbocycles. The summed E-state index contributed by atoms with van der Waals surface area (Å²) >= 11 is 1.79. The fourth-order valence-electron chi connectivity index (χ4n) is 3.84. The second-order valence-electron chi connectivity index (χ2n) is 7.11. The minimum absolute atomic E-state index is 0.0670. The maximum Gasteiger partial charge on any atom is 0.146 e. The maximum atomic E-state index is 6.30. The number of rotatable bonds is 10. The zero-order chi connectivity index (χ0) is 19.2. The second-order valence-corrected chi connectivity index (χ2v) is 8.26. The van der Waals surface area contributed by atoms with Crippen molar-refractivity contribution in [3.63, 3.8) is 0 Å². The van der Waals surface area contributed by atoms with Crippen molar-refractivity contribution in [3.05, 3.63) is 77.2 Å². The smallest absolute Gasteiger partial charge is 0.146 e. The molecular formula is C23H26O4S. The molecule has 2 aromatic rings. The number of hydrogen-bond donors (Lipinski definition) is 0. The summed E-state index contributed by atoms with van der Waals surface area (Å²) < 4.78 is 23.1. The molecule has 2 aliphatic rings. The summed E-state index contributed by atoms with van der Waals surface area (Å²) in [5.41, 5.74) is 1.19. The van der Waals surface area contributed by atoms with Crippen molar-refractivity contribution in [2.75, 3.05) is 27.1 Å². The van der Waals surface area contributed by atoms with Crippen LogP contribution in [-0.4, -0.2) is 39.3 Å². The Morgan fingerprint density at radius 1 is 0.893 bits per heavy atom. The van der Waals surface area contributed by atoms with E-state index in [2.05, 4.69) is 42.5 Å². The van der Waals surface area contributed by atoms with E-state index in [0.29, 0.717) is 32.5 Å². The topological polar surface area (TPSA) is 36.9 Å². The molecule has 1 saturated heterocycles. The van der Waals surface area contributed by atoms with Gasteiger partial charge in [0, 0.05) is 28.7 Å². The molecule has 5 heteroatoms. The van der Waals surface area contributed by atoms with Crippen molar-refractivity contribution in [1.82, 2.24) is 0 Å². The molecule has 148 valence electrons. The molecular weight excluding hydrogens is 372 g/mol. The highest BCUT2D eigenvalue weighted by molar-refractivity contribution is 8.03. The molecule has 0 amide bonds. The summed E-state index contributed by atoms with van der Waals surface area (Å²) in [6, 6.07) is 20.7. The molecule has 4 nitrogen and oxygen atoms in total. The summed E-state index contributed by atoms with van der Waals surface area (Å²) in [6.45, 7) is 2.20. The van der Waals surface area contributed by atoms with Crippen LogP contribution in [0, 0.1) is 11.8 Å². The van der Waals surface area contributed by atoms with Gasteiger partial charge in [0.15, 0.2) is 0 Å². The summed E-state index contributed by atoms with van der Waals surface area (Å²) in [5.74, 6) is 0.567. The lowest BCUT2D eigenvalue weighted by molar-refractivity contribution is -0.0558. The van der Waals surface area contributed by atoms with E-state index in [1.54, 1.807) is 18.9 Å². The minimum atomic E-state index is 0.0670. The van der Waals surface area contributed by atoms with Gasteiger partial charge in [-0.2, -0.15) is 0 Å².